The number of aryl methyl sites for hydroxylation is 1. The molecule has 0 aliphatic rings. The molecule has 0 saturated carbocycles. The number of hydrogen-bond donors (Lipinski definition) is 2. The zero-order valence-electron chi connectivity index (χ0n) is 15.0. The van der Waals surface area contributed by atoms with E-state index >= 15 is 0 Å². The zero-order valence-corrected chi connectivity index (χ0v) is 15.8. The Balaban J connectivity index is 2.00. The summed E-state index contributed by atoms with van der Waals surface area (Å²) in [5.41, 5.74) is 2.16. The Labute approximate surface area is 159 Å². The van der Waals surface area contributed by atoms with Crippen molar-refractivity contribution in [2.45, 2.75) is 18.6 Å². The Kier molecular flexibility index (Phi) is 5.60. The molecule has 0 unspecified atom stereocenters. The average molecular weight is 385 g/mol. The van der Waals surface area contributed by atoms with Gasteiger partial charge in [-0.2, -0.15) is 0 Å². The number of amides is 1. The van der Waals surface area contributed by atoms with Gasteiger partial charge in [-0.05, 0) is 31.4 Å². The van der Waals surface area contributed by atoms with Crippen molar-refractivity contribution in [3.8, 4) is 0 Å². The molecule has 140 valence electrons. The van der Waals surface area contributed by atoms with E-state index in [1.807, 2.05) is 13.2 Å². The second-order valence-corrected chi connectivity index (χ2v) is 6.31. The smallest absolute Gasteiger partial charge is 0.408 e. The Bertz CT molecular complexity index is 1060. The molecule has 1 aromatic carbocycles. The number of hydrogen-bond acceptors (Lipinski definition) is 7. The van der Waals surface area contributed by atoms with Crippen LogP contribution in [0.4, 0.5) is 11.5 Å². The summed E-state index contributed by atoms with van der Waals surface area (Å²) >= 11 is 1.37. The van der Waals surface area contributed by atoms with E-state index in [-0.39, 0.29) is 5.91 Å². The Morgan fingerprint density at radius 3 is 2.96 bits per heavy atom. The van der Waals surface area contributed by atoms with E-state index in [9.17, 15) is 9.59 Å². The number of thioether (sulfide) groups is 1. The monoisotopic (exact) mass is 385 g/mol. The number of aromatic nitrogens is 3. The zero-order chi connectivity index (χ0) is 19.4. The molecule has 2 aromatic heterocycles. The second-order valence-electron chi connectivity index (χ2n) is 5.54. The summed E-state index contributed by atoms with van der Waals surface area (Å²) in [6.45, 7) is 6.29. The van der Waals surface area contributed by atoms with Crippen LogP contribution in [0, 0.1) is 0 Å². The minimum Gasteiger partial charge on any atom is -0.408 e. The average Bonchev–Trinajstić information content (AvgIpc) is 3.00. The number of nitrogens with one attached hydrogen (secondary N) is 2. The fourth-order valence-electron chi connectivity index (χ4n) is 2.56. The highest BCUT2D eigenvalue weighted by molar-refractivity contribution is 7.98. The molecule has 0 spiro atoms. The van der Waals surface area contributed by atoms with Gasteiger partial charge in [0.25, 0.3) is 5.91 Å². The molecule has 0 atom stereocenters. The first-order valence-electron chi connectivity index (χ1n) is 8.28. The van der Waals surface area contributed by atoms with E-state index in [1.165, 1.54) is 22.5 Å². The van der Waals surface area contributed by atoms with E-state index < -0.39 is 5.76 Å². The predicted octanol–water partition coefficient (Wildman–Crippen LogP) is 2.79. The third-order valence-corrected chi connectivity index (χ3v) is 4.41. The van der Waals surface area contributed by atoms with Crippen molar-refractivity contribution in [1.29, 1.82) is 0 Å². The molecule has 0 radical (unpaired) electrons. The van der Waals surface area contributed by atoms with Crippen molar-refractivity contribution in [2.24, 2.45) is 0 Å². The molecule has 0 fully saturated rings. The highest BCUT2D eigenvalue weighted by Gasteiger charge is 2.15. The normalized spacial score (nSPS) is 10.7. The van der Waals surface area contributed by atoms with Gasteiger partial charge in [0, 0.05) is 25.0 Å². The molecule has 0 aliphatic heterocycles. The van der Waals surface area contributed by atoms with Crippen molar-refractivity contribution in [3.63, 3.8) is 0 Å². The first kappa shape index (κ1) is 18.7. The van der Waals surface area contributed by atoms with E-state index in [4.69, 9.17) is 4.42 Å². The Morgan fingerprint density at radius 2 is 2.26 bits per heavy atom. The van der Waals surface area contributed by atoms with E-state index in [0.29, 0.717) is 46.4 Å². The molecular weight excluding hydrogens is 366 g/mol. The number of anilines is 2. The number of rotatable bonds is 7. The number of benzene rings is 1. The van der Waals surface area contributed by atoms with E-state index in [0.717, 1.165) is 0 Å². The van der Waals surface area contributed by atoms with Crippen molar-refractivity contribution in [3.05, 3.63) is 53.2 Å². The number of oxazole rings is 1. The van der Waals surface area contributed by atoms with Crippen LogP contribution in [0.2, 0.25) is 0 Å². The van der Waals surface area contributed by atoms with Crippen LogP contribution in [-0.2, 0) is 6.54 Å². The number of nitrogens with zero attached hydrogens (tertiary/aromatic N) is 3. The molecule has 9 heteroatoms. The van der Waals surface area contributed by atoms with Crippen LogP contribution in [-0.4, -0.2) is 33.2 Å². The lowest BCUT2D eigenvalue weighted by molar-refractivity contribution is 0.0958. The quantitative estimate of drug-likeness (QED) is 0.366. The maximum Gasteiger partial charge on any atom is 0.419 e. The molecule has 3 aromatic rings. The molecule has 0 bridgehead atoms. The van der Waals surface area contributed by atoms with Gasteiger partial charge in [-0.3, -0.25) is 9.36 Å². The summed E-state index contributed by atoms with van der Waals surface area (Å²) in [5.74, 6) is -0.329. The summed E-state index contributed by atoms with van der Waals surface area (Å²) < 4.78 is 6.75. The predicted molar refractivity (Wildman–Crippen MR) is 106 cm³/mol. The minimum absolute atomic E-state index is 0.306. The standard InChI is InChI=1S/C18H19N5O3S/c1-4-8-19-16(24)12-10-20-17(27-3)22-15(12)21-11-6-7-14-13(9-11)23(5-2)18(25)26-14/h4,6-7,9-10H,1,5,8H2,2-3H3,(H,19,24)(H,20,21,22). The number of carbonyl (C=O) groups excluding carboxylic acids is 1. The van der Waals surface area contributed by atoms with Gasteiger partial charge < -0.3 is 15.1 Å². The molecule has 0 saturated heterocycles. The Morgan fingerprint density at radius 1 is 1.44 bits per heavy atom. The maximum absolute atomic E-state index is 12.4. The number of fused-ring (bicyclic) bond motifs is 1. The van der Waals surface area contributed by atoms with Crippen molar-refractivity contribution in [2.75, 3.05) is 18.1 Å². The van der Waals surface area contributed by atoms with Crippen LogP contribution in [0.15, 0.2) is 51.4 Å². The van der Waals surface area contributed by atoms with Gasteiger partial charge in [0.2, 0.25) is 0 Å². The van der Waals surface area contributed by atoms with Crippen LogP contribution >= 0.6 is 11.8 Å². The van der Waals surface area contributed by atoms with Gasteiger partial charge in [0.05, 0.1) is 5.52 Å². The fourth-order valence-corrected chi connectivity index (χ4v) is 2.90. The van der Waals surface area contributed by atoms with Crippen molar-refractivity contribution < 1.29 is 9.21 Å². The molecule has 27 heavy (non-hydrogen) atoms. The second kappa shape index (κ2) is 8.09. The first-order valence-corrected chi connectivity index (χ1v) is 9.50. The van der Waals surface area contributed by atoms with Gasteiger partial charge >= 0.3 is 5.76 Å². The van der Waals surface area contributed by atoms with Crippen molar-refractivity contribution in [1.82, 2.24) is 19.9 Å². The van der Waals surface area contributed by atoms with Gasteiger partial charge in [-0.1, -0.05) is 17.8 Å². The third-order valence-electron chi connectivity index (χ3n) is 3.85. The minimum atomic E-state index is -0.402. The lowest BCUT2D eigenvalue weighted by Gasteiger charge is -2.12. The van der Waals surface area contributed by atoms with Gasteiger partial charge in [0.15, 0.2) is 10.7 Å². The lowest BCUT2D eigenvalue weighted by atomic mass is 10.2. The fraction of sp³-hybridized carbons (Fsp3) is 0.222. The Hall–Kier alpha value is -3.07. The summed E-state index contributed by atoms with van der Waals surface area (Å²) in [7, 11) is 0. The summed E-state index contributed by atoms with van der Waals surface area (Å²) in [4.78, 5) is 32.8. The molecule has 0 aliphatic carbocycles. The topological polar surface area (TPSA) is 102 Å². The van der Waals surface area contributed by atoms with Crippen LogP contribution in [0.5, 0.6) is 0 Å². The SMILES string of the molecule is C=CCNC(=O)c1cnc(SC)nc1Nc1ccc2oc(=O)n(CC)c2c1. The van der Waals surface area contributed by atoms with E-state index in [1.54, 1.807) is 24.3 Å². The summed E-state index contributed by atoms with van der Waals surface area (Å²) in [6, 6.07) is 5.26. The lowest BCUT2D eigenvalue weighted by Crippen LogP contribution is -2.24. The first-order chi connectivity index (χ1) is 13.1. The van der Waals surface area contributed by atoms with Crippen LogP contribution in [0.3, 0.4) is 0 Å². The molecule has 2 N–H and O–H groups in total. The molecule has 2 heterocycles. The number of carbonyl (C=O) groups is 1. The van der Waals surface area contributed by atoms with Gasteiger partial charge in [0.1, 0.15) is 11.4 Å². The molecule has 1 amide bonds. The molecule has 8 nitrogen and oxygen atoms in total. The summed E-state index contributed by atoms with van der Waals surface area (Å²) in [6.07, 6.45) is 4.94. The summed E-state index contributed by atoms with van der Waals surface area (Å²) in [5, 5.41) is 6.40. The maximum atomic E-state index is 12.4. The van der Waals surface area contributed by atoms with Gasteiger partial charge in [-0.15, -0.1) is 6.58 Å². The largest absolute Gasteiger partial charge is 0.419 e. The van der Waals surface area contributed by atoms with Gasteiger partial charge in [-0.25, -0.2) is 14.8 Å². The van der Waals surface area contributed by atoms with Crippen molar-refractivity contribution >= 4 is 40.3 Å². The molecular formula is C18H19N5O3S. The van der Waals surface area contributed by atoms with Crippen LogP contribution in [0.1, 0.15) is 17.3 Å². The molecule has 3 rings (SSSR count). The highest BCUT2D eigenvalue weighted by Crippen LogP contribution is 2.24. The van der Waals surface area contributed by atoms with Crippen LogP contribution < -0.4 is 16.4 Å². The third kappa shape index (κ3) is 3.87. The highest BCUT2D eigenvalue weighted by atomic mass is 32.2. The van der Waals surface area contributed by atoms with Crippen LogP contribution in [0.25, 0.3) is 11.1 Å². The van der Waals surface area contributed by atoms with E-state index in [2.05, 4.69) is 27.2 Å².